The Morgan fingerprint density at radius 2 is 2.06 bits per heavy atom. The highest BCUT2D eigenvalue weighted by Gasteiger charge is 2.20. The van der Waals surface area contributed by atoms with Gasteiger partial charge in [-0.05, 0) is 36.2 Å². The van der Waals surface area contributed by atoms with E-state index in [1.807, 2.05) is 36.6 Å². The topological polar surface area (TPSA) is 146 Å². The molecule has 10 heteroatoms. The van der Waals surface area contributed by atoms with Crippen LogP contribution in [0.2, 0.25) is 0 Å². The van der Waals surface area contributed by atoms with Crippen LogP contribution in [0.25, 0.3) is 33.4 Å². The van der Waals surface area contributed by atoms with Gasteiger partial charge in [-0.25, -0.2) is 15.0 Å². The van der Waals surface area contributed by atoms with Gasteiger partial charge in [0, 0.05) is 28.6 Å². The van der Waals surface area contributed by atoms with E-state index in [1.165, 1.54) is 11.3 Å². The summed E-state index contributed by atoms with van der Waals surface area (Å²) in [6, 6.07) is 11.1. The van der Waals surface area contributed by atoms with E-state index in [1.54, 1.807) is 24.5 Å². The highest BCUT2D eigenvalue weighted by atomic mass is 32.1. The molecular weight excluding hydrogens is 438 g/mol. The number of thiazole rings is 1. The van der Waals surface area contributed by atoms with Crippen LogP contribution in [-0.4, -0.2) is 31.1 Å². The lowest BCUT2D eigenvalue weighted by Crippen LogP contribution is -2.17. The number of nitrogens with one attached hydrogen (secondary N) is 1. The Labute approximate surface area is 192 Å². The maximum absolute atomic E-state index is 12.2. The fourth-order valence-electron chi connectivity index (χ4n) is 3.66. The first-order valence-corrected chi connectivity index (χ1v) is 10.9. The average molecular weight is 458 g/mol. The van der Waals surface area contributed by atoms with Crippen molar-refractivity contribution in [3.05, 3.63) is 70.4 Å². The predicted molar refractivity (Wildman–Crippen MR) is 127 cm³/mol. The van der Waals surface area contributed by atoms with Crippen LogP contribution in [-0.2, 0) is 6.61 Å². The number of aryl methyl sites for hydroxylation is 1. The third-order valence-corrected chi connectivity index (χ3v) is 5.96. The molecule has 33 heavy (non-hydrogen) atoms. The van der Waals surface area contributed by atoms with Crippen LogP contribution in [0, 0.1) is 6.92 Å². The highest BCUT2D eigenvalue weighted by Crippen LogP contribution is 2.37. The molecule has 4 aromatic heterocycles. The van der Waals surface area contributed by atoms with Gasteiger partial charge < -0.3 is 16.2 Å². The van der Waals surface area contributed by atoms with Crippen molar-refractivity contribution in [1.82, 2.24) is 25.1 Å². The monoisotopic (exact) mass is 457 g/mol. The van der Waals surface area contributed by atoms with Crippen molar-refractivity contribution >= 4 is 33.8 Å². The Morgan fingerprint density at radius 1 is 1.18 bits per heavy atom. The summed E-state index contributed by atoms with van der Waals surface area (Å²) in [5.74, 6) is -0.305. The number of carbonyl (C=O) groups is 1. The molecule has 0 atom stereocenters. The summed E-state index contributed by atoms with van der Waals surface area (Å²) in [5.41, 5.74) is 16.5. The lowest BCUT2D eigenvalue weighted by Gasteiger charge is -2.15. The van der Waals surface area contributed by atoms with Gasteiger partial charge in [0.05, 0.1) is 28.8 Å². The van der Waals surface area contributed by atoms with Crippen LogP contribution in [0.1, 0.15) is 21.1 Å². The fourth-order valence-corrected chi connectivity index (χ4v) is 4.19. The number of hydrogen-bond donors (Lipinski definition) is 3. The van der Waals surface area contributed by atoms with E-state index in [4.69, 9.17) is 16.2 Å². The smallest absolute Gasteiger partial charge is 0.269 e. The summed E-state index contributed by atoms with van der Waals surface area (Å²) in [5, 5.41) is 10.7. The molecule has 1 amide bonds. The first kappa shape index (κ1) is 20.6. The van der Waals surface area contributed by atoms with Crippen molar-refractivity contribution in [1.29, 1.82) is 0 Å². The zero-order valence-electron chi connectivity index (χ0n) is 17.6. The number of nitrogens with zero attached hydrogens (tertiary/aromatic N) is 4. The van der Waals surface area contributed by atoms with E-state index >= 15 is 0 Å². The number of anilines is 1. The van der Waals surface area contributed by atoms with Crippen molar-refractivity contribution in [2.24, 2.45) is 5.73 Å². The molecule has 0 fully saturated rings. The number of amides is 1. The molecule has 1 aromatic carbocycles. The summed E-state index contributed by atoms with van der Waals surface area (Å²) >= 11 is 1.50. The van der Waals surface area contributed by atoms with Crippen molar-refractivity contribution in [2.75, 3.05) is 5.73 Å². The van der Waals surface area contributed by atoms with E-state index in [-0.39, 0.29) is 11.4 Å². The second-order valence-electron chi connectivity index (χ2n) is 7.35. The zero-order chi connectivity index (χ0) is 22.9. The SMILES string of the molecule is Cc1ccc2[nH]ncc2c1-c1cc(-c2cccc(OCc3nccs3)n2)nc(C(N)=O)c1N. The molecule has 4 heterocycles. The molecule has 5 rings (SSSR count). The molecule has 0 saturated heterocycles. The number of pyridine rings is 2. The maximum atomic E-state index is 12.2. The first-order valence-electron chi connectivity index (χ1n) is 10.0. The Kier molecular flexibility index (Phi) is 5.19. The van der Waals surface area contributed by atoms with E-state index < -0.39 is 5.91 Å². The van der Waals surface area contributed by atoms with E-state index in [2.05, 4.69) is 25.1 Å². The zero-order valence-corrected chi connectivity index (χ0v) is 18.4. The molecule has 5 N–H and O–H groups in total. The third-order valence-electron chi connectivity index (χ3n) is 5.21. The van der Waals surface area contributed by atoms with Crippen LogP contribution in [0.15, 0.2) is 54.2 Å². The Morgan fingerprint density at radius 3 is 2.85 bits per heavy atom. The number of hydrogen-bond acceptors (Lipinski definition) is 8. The molecule has 0 aliphatic carbocycles. The van der Waals surface area contributed by atoms with E-state index in [9.17, 15) is 4.79 Å². The van der Waals surface area contributed by atoms with Gasteiger partial charge in [0.1, 0.15) is 11.6 Å². The van der Waals surface area contributed by atoms with Crippen LogP contribution in [0.3, 0.4) is 0 Å². The molecular formula is C23H19N7O2S. The number of primary amides is 1. The van der Waals surface area contributed by atoms with Gasteiger partial charge in [0.25, 0.3) is 5.91 Å². The van der Waals surface area contributed by atoms with Crippen LogP contribution in [0.4, 0.5) is 5.69 Å². The summed E-state index contributed by atoms with van der Waals surface area (Å²) in [4.78, 5) is 25.4. The van der Waals surface area contributed by atoms with E-state index in [0.717, 1.165) is 27.0 Å². The summed E-state index contributed by atoms with van der Waals surface area (Å²) in [6.45, 7) is 2.28. The molecule has 5 aromatic rings. The highest BCUT2D eigenvalue weighted by molar-refractivity contribution is 7.09. The van der Waals surface area contributed by atoms with Gasteiger partial charge in [-0.3, -0.25) is 9.89 Å². The molecule has 0 spiro atoms. The Balaban J connectivity index is 1.63. The molecule has 0 bridgehead atoms. The number of carbonyl (C=O) groups excluding carboxylic acids is 1. The molecule has 0 saturated carbocycles. The van der Waals surface area contributed by atoms with Crippen molar-refractivity contribution in [2.45, 2.75) is 13.5 Å². The number of nitrogens with two attached hydrogens (primary N) is 2. The van der Waals surface area contributed by atoms with Gasteiger partial charge in [0.2, 0.25) is 5.88 Å². The number of rotatable bonds is 6. The molecule has 164 valence electrons. The normalized spacial score (nSPS) is 11.1. The van der Waals surface area contributed by atoms with Gasteiger partial charge in [-0.1, -0.05) is 12.1 Å². The van der Waals surface area contributed by atoms with Gasteiger partial charge in [0.15, 0.2) is 5.69 Å². The maximum Gasteiger partial charge on any atom is 0.269 e. The number of aromatic amines is 1. The molecule has 0 radical (unpaired) electrons. The van der Waals surface area contributed by atoms with Crippen molar-refractivity contribution in [3.8, 4) is 28.4 Å². The minimum Gasteiger partial charge on any atom is -0.470 e. The van der Waals surface area contributed by atoms with E-state index in [0.29, 0.717) is 29.4 Å². The van der Waals surface area contributed by atoms with Crippen LogP contribution >= 0.6 is 11.3 Å². The standard InChI is InChI=1S/C23H19N7O2S/c1-12-5-6-15-14(10-27-30-15)20(12)13-9-17(29-22(21(13)24)23(25)31)16-3-2-4-18(28-16)32-11-19-26-7-8-33-19/h2-10H,11,24H2,1H3,(H2,25,31)(H,27,30). The molecule has 0 aliphatic rings. The second-order valence-corrected chi connectivity index (χ2v) is 8.32. The summed E-state index contributed by atoms with van der Waals surface area (Å²) in [6.07, 6.45) is 3.45. The predicted octanol–water partition coefficient (Wildman–Crippen LogP) is 3.71. The van der Waals surface area contributed by atoms with Gasteiger partial charge >= 0.3 is 0 Å². The van der Waals surface area contributed by atoms with Crippen LogP contribution in [0.5, 0.6) is 5.88 Å². The number of aromatic nitrogens is 5. The quantitative estimate of drug-likeness (QED) is 0.352. The molecule has 0 aliphatic heterocycles. The minimum absolute atomic E-state index is 0.0155. The molecule has 0 unspecified atom stereocenters. The number of nitrogen functional groups attached to an aromatic ring is 1. The second kappa shape index (κ2) is 8.32. The first-order chi connectivity index (χ1) is 16.0. The Hall–Kier alpha value is -4.31. The lowest BCUT2D eigenvalue weighted by atomic mass is 9.94. The number of ether oxygens (including phenoxy) is 1. The number of benzene rings is 1. The summed E-state index contributed by atoms with van der Waals surface area (Å²) in [7, 11) is 0. The number of fused-ring (bicyclic) bond motifs is 1. The van der Waals surface area contributed by atoms with Crippen molar-refractivity contribution < 1.29 is 9.53 Å². The largest absolute Gasteiger partial charge is 0.470 e. The number of H-pyrrole nitrogens is 1. The average Bonchev–Trinajstić information content (AvgIpc) is 3.50. The Bertz CT molecular complexity index is 1480. The lowest BCUT2D eigenvalue weighted by molar-refractivity contribution is 0.0996. The van der Waals surface area contributed by atoms with Gasteiger partial charge in [-0.2, -0.15) is 5.10 Å². The molecule has 9 nitrogen and oxygen atoms in total. The van der Waals surface area contributed by atoms with Gasteiger partial charge in [-0.15, -0.1) is 11.3 Å². The fraction of sp³-hybridized carbons (Fsp3) is 0.0870. The van der Waals surface area contributed by atoms with Crippen molar-refractivity contribution in [3.63, 3.8) is 0 Å². The minimum atomic E-state index is -0.719. The summed E-state index contributed by atoms with van der Waals surface area (Å²) < 4.78 is 5.78. The third kappa shape index (κ3) is 3.87. The van der Waals surface area contributed by atoms with Crippen LogP contribution < -0.4 is 16.2 Å².